The Morgan fingerprint density at radius 1 is 1.54 bits per heavy atom. The van der Waals surface area contributed by atoms with Crippen LogP contribution >= 0.6 is 12.4 Å². The van der Waals surface area contributed by atoms with E-state index in [4.69, 9.17) is 10.8 Å². The molecule has 0 spiro atoms. The van der Waals surface area contributed by atoms with E-state index in [9.17, 15) is 4.79 Å². The molecule has 80 valence electrons. The van der Waals surface area contributed by atoms with Crippen molar-refractivity contribution in [3.05, 3.63) is 0 Å². The average Bonchev–Trinajstić information content (AvgIpc) is 2.05. The molecule has 0 radical (unpaired) electrons. The number of halogens is 1. The Balaban J connectivity index is 0. The summed E-state index contributed by atoms with van der Waals surface area (Å²) in [6, 6.07) is 0. The fourth-order valence-electron chi connectivity index (χ4n) is 0.838. The maximum absolute atomic E-state index is 10.8. The molecule has 0 rings (SSSR count). The second-order valence-corrected chi connectivity index (χ2v) is 2.55. The van der Waals surface area contributed by atoms with Gasteiger partial charge >= 0.3 is 5.97 Å². The highest BCUT2D eigenvalue weighted by Crippen LogP contribution is 2.01. The molecule has 0 fully saturated rings. The molecule has 0 aromatic heterocycles. The van der Waals surface area contributed by atoms with Gasteiger partial charge in [-0.15, -0.1) is 12.4 Å². The van der Waals surface area contributed by atoms with E-state index >= 15 is 0 Å². The van der Waals surface area contributed by atoms with E-state index in [1.165, 1.54) is 0 Å². The summed E-state index contributed by atoms with van der Waals surface area (Å²) >= 11 is 0. The largest absolute Gasteiger partial charge is 0.464 e. The molecule has 4 nitrogen and oxygen atoms in total. The summed E-state index contributed by atoms with van der Waals surface area (Å²) in [5.41, 5.74) is 5.25. The third-order valence-corrected chi connectivity index (χ3v) is 1.49. The van der Waals surface area contributed by atoms with Crippen LogP contribution < -0.4 is 5.73 Å². The van der Waals surface area contributed by atoms with E-state index in [1.807, 2.05) is 0 Å². The summed E-state index contributed by atoms with van der Waals surface area (Å²) in [6.07, 6.45) is 1.06. The number of carbonyl (C=O) groups is 1. The van der Waals surface area contributed by atoms with Crippen molar-refractivity contribution in [1.82, 2.24) is 0 Å². The monoisotopic (exact) mass is 211 g/mol. The molecule has 13 heavy (non-hydrogen) atoms. The highest BCUT2D eigenvalue weighted by atomic mass is 35.5. The zero-order valence-electron chi connectivity index (χ0n) is 7.86. The number of hydrogen-bond donors (Lipinski definition) is 2. The minimum absolute atomic E-state index is 0. The van der Waals surface area contributed by atoms with Gasteiger partial charge in [0.1, 0.15) is 0 Å². The van der Waals surface area contributed by atoms with Gasteiger partial charge in [-0.2, -0.15) is 0 Å². The molecule has 0 aliphatic heterocycles. The Morgan fingerprint density at radius 2 is 2.15 bits per heavy atom. The van der Waals surface area contributed by atoms with Gasteiger partial charge in [0.2, 0.25) is 0 Å². The van der Waals surface area contributed by atoms with Crippen molar-refractivity contribution in [3.63, 3.8) is 0 Å². The zero-order chi connectivity index (χ0) is 9.40. The molecule has 0 aliphatic carbocycles. The van der Waals surface area contributed by atoms with Gasteiger partial charge in [-0.3, -0.25) is 0 Å². The predicted molar refractivity (Wildman–Crippen MR) is 52.8 cm³/mol. The van der Waals surface area contributed by atoms with Crippen LogP contribution in [0.5, 0.6) is 0 Å². The van der Waals surface area contributed by atoms with Gasteiger partial charge in [0, 0.05) is 0 Å². The Hall–Kier alpha value is -0.320. The van der Waals surface area contributed by atoms with E-state index < -0.39 is 12.1 Å². The van der Waals surface area contributed by atoms with Gasteiger partial charge in [-0.25, -0.2) is 4.79 Å². The van der Waals surface area contributed by atoms with Crippen molar-refractivity contribution in [1.29, 1.82) is 0 Å². The highest BCUT2D eigenvalue weighted by Gasteiger charge is 2.14. The fourth-order valence-corrected chi connectivity index (χ4v) is 0.838. The lowest BCUT2D eigenvalue weighted by Crippen LogP contribution is -2.23. The Labute approximate surface area is 84.9 Å². The van der Waals surface area contributed by atoms with Crippen LogP contribution in [0.1, 0.15) is 26.2 Å². The zero-order valence-corrected chi connectivity index (χ0v) is 8.68. The van der Waals surface area contributed by atoms with E-state index in [0.717, 1.165) is 12.8 Å². The first-order chi connectivity index (χ1) is 5.72. The smallest absolute Gasteiger partial charge is 0.334 e. The van der Waals surface area contributed by atoms with Crippen LogP contribution in [-0.2, 0) is 9.53 Å². The summed E-state index contributed by atoms with van der Waals surface area (Å²) in [5.74, 6) is -0.533. The molecule has 0 aliphatic rings. The van der Waals surface area contributed by atoms with Crippen molar-refractivity contribution < 1.29 is 14.6 Å². The molecular weight excluding hydrogens is 194 g/mol. The maximum Gasteiger partial charge on any atom is 0.334 e. The molecule has 0 amide bonds. The second kappa shape index (κ2) is 9.77. The van der Waals surface area contributed by atoms with Crippen molar-refractivity contribution in [3.8, 4) is 0 Å². The molecule has 1 unspecified atom stereocenters. The van der Waals surface area contributed by atoms with Crippen LogP contribution in [0.15, 0.2) is 0 Å². The number of rotatable bonds is 6. The van der Waals surface area contributed by atoms with Gasteiger partial charge in [0.05, 0.1) is 6.61 Å². The molecule has 0 saturated heterocycles. The lowest BCUT2D eigenvalue weighted by atomic mass is 10.1. The topological polar surface area (TPSA) is 72.5 Å². The molecule has 0 aromatic carbocycles. The quantitative estimate of drug-likeness (QED) is 0.495. The maximum atomic E-state index is 10.8. The van der Waals surface area contributed by atoms with E-state index in [1.54, 1.807) is 6.92 Å². The first kappa shape index (κ1) is 15.2. The van der Waals surface area contributed by atoms with Gasteiger partial charge in [0.25, 0.3) is 0 Å². The molecule has 0 heterocycles. The van der Waals surface area contributed by atoms with Gasteiger partial charge < -0.3 is 15.6 Å². The van der Waals surface area contributed by atoms with Crippen molar-refractivity contribution in [2.45, 2.75) is 32.3 Å². The number of esters is 1. The second-order valence-electron chi connectivity index (χ2n) is 2.55. The summed E-state index contributed by atoms with van der Waals surface area (Å²) in [7, 11) is 0. The van der Waals surface area contributed by atoms with E-state index in [-0.39, 0.29) is 12.4 Å². The van der Waals surface area contributed by atoms with Crippen LogP contribution in [0.4, 0.5) is 0 Å². The van der Waals surface area contributed by atoms with Crippen molar-refractivity contribution in [2.24, 2.45) is 5.73 Å². The molecule has 3 N–H and O–H groups in total. The summed E-state index contributed by atoms with van der Waals surface area (Å²) in [5, 5.41) is 9.16. The lowest BCUT2D eigenvalue weighted by molar-refractivity contribution is -0.153. The number of unbranched alkanes of at least 4 members (excludes halogenated alkanes) is 1. The first-order valence-corrected chi connectivity index (χ1v) is 4.27. The summed E-state index contributed by atoms with van der Waals surface area (Å²) < 4.78 is 4.61. The number of ether oxygens (including phenoxy) is 1. The minimum Gasteiger partial charge on any atom is -0.464 e. The molecule has 0 aromatic rings. The summed E-state index contributed by atoms with van der Waals surface area (Å²) in [4.78, 5) is 10.8. The Bertz CT molecular complexity index is 133. The van der Waals surface area contributed by atoms with Crippen LogP contribution in [-0.4, -0.2) is 30.3 Å². The van der Waals surface area contributed by atoms with Crippen LogP contribution in [0.25, 0.3) is 0 Å². The standard InChI is InChI=1S/C8H17NO3.ClH/c1-2-12-8(11)7(10)5-3-4-6-9;/h7,10H,2-6,9H2,1H3;1H. The number of nitrogens with two attached hydrogens (primary N) is 1. The Morgan fingerprint density at radius 3 is 2.62 bits per heavy atom. The van der Waals surface area contributed by atoms with Crippen LogP contribution in [0, 0.1) is 0 Å². The molecular formula is C8H18ClNO3. The van der Waals surface area contributed by atoms with Crippen LogP contribution in [0.2, 0.25) is 0 Å². The summed E-state index contributed by atoms with van der Waals surface area (Å²) in [6.45, 7) is 2.62. The molecule has 1 atom stereocenters. The Kier molecular flexibility index (Phi) is 11.4. The predicted octanol–water partition coefficient (Wildman–Crippen LogP) is 0.461. The van der Waals surface area contributed by atoms with E-state index in [2.05, 4.69) is 4.74 Å². The molecule has 5 heteroatoms. The normalized spacial score (nSPS) is 11.6. The number of hydrogen-bond acceptors (Lipinski definition) is 4. The number of aliphatic hydroxyl groups is 1. The molecule has 0 saturated carbocycles. The first-order valence-electron chi connectivity index (χ1n) is 4.27. The van der Waals surface area contributed by atoms with E-state index in [0.29, 0.717) is 19.6 Å². The third kappa shape index (κ3) is 8.02. The number of aliphatic hydroxyl groups excluding tert-OH is 1. The lowest BCUT2D eigenvalue weighted by Gasteiger charge is -2.08. The number of carbonyl (C=O) groups excluding carboxylic acids is 1. The average molecular weight is 212 g/mol. The van der Waals surface area contributed by atoms with Gasteiger partial charge in [-0.1, -0.05) is 0 Å². The van der Waals surface area contributed by atoms with Gasteiger partial charge in [-0.05, 0) is 32.7 Å². The van der Waals surface area contributed by atoms with Crippen LogP contribution in [0.3, 0.4) is 0 Å². The minimum atomic E-state index is -0.975. The third-order valence-electron chi connectivity index (χ3n) is 1.49. The molecule has 0 bridgehead atoms. The van der Waals surface area contributed by atoms with Crippen molar-refractivity contribution >= 4 is 18.4 Å². The van der Waals surface area contributed by atoms with Gasteiger partial charge in [0.15, 0.2) is 6.10 Å². The fraction of sp³-hybridized carbons (Fsp3) is 0.875. The van der Waals surface area contributed by atoms with Crippen molar-refractivity contribution in [2.75, 3.05) is 13.2 Å². The highest BCUT2D eigenvalue weighted by molar-refractivity contribution is 5.85. The SMILES string of the molecule is CCOC(=O)C(O)CCCCN.Cl.